The Labute approximate surface area is 192 Å². The summed E-state index contributed by atoms with van der Waals surface area (Å²) in [5, 5.41) is 5.29. The highest BCUT2D eigenvalue weighted by Crippen LogP contribution is 2.25. The van der Waals surface area contributed by atoms with Crippen molar-refractivity contribution in [3.05, 3.63) is 75.4 Å². The minimum absolute atomic E-state index is 0.112. The number of thiophene rings is 1. The summed E-state index contributed by atoms with van der Waals surface area (Å²) in [4.78, 5) is 31.6. The van der Waals surface area contributed by atoms with Crippen LogP contribution < -0.4 is 10.9 Å². The van der Waals surface area contributed by atoms with Crippen LogP contribution >= 0.6 is 34.9 Å². The molecule has 0 saturated carbocycles. The monoisotopic (exact) mass is 467 g/mol. The summed E-state index contributed by atoms with van der Waals surface area (Å²) in [6.45, 7) is 4.05. The molecule has 2 heterocycles. The second-order valence-electron chi connectivity index (χ2n) is 7.01. The van der Waals surface area contributed by atoms with Gasteiger partial charge in [0, 0.05) is 10.6 Å². The van der Waals surface area contributed by atoms with E-state index in [2.05, 4.69) is 10.3 Å². The first-order chi connectivity index (χ1) is 15.0. The van der Waals surface area contributed by atoms with Crippen LogP contribution in [0.5, 0.6) is 0 Å². The summed E-state index contributed by atoms with van der Waals surface area (Å²) in [5.74, 6) is 0.00530. The molecular weight excluding hydrogens is 446 g/mol. The van der Waals surface area contributed by atoms with Gasteiger partial charge in [0.2, 0.25) is 5.91 Å². The van der Waals surface area contributed by atoms with Crippen LogP contribution in [0, 0.1) is 13.8 Å². The molecule has 0 aliphatic heterocycles. The van der Waals surface area contributed by atoms with Crippen molar-refractivity contribution in [2.24, 2.45) is 0 Å². The third-order valence-corrected chi connectivity index (χ3v) is 7.44. The van der Waals surface area contributed by atoms with Crippen LogP contribution in [0.4, 0.5) is 5.69 Å². The Hall–Kier alpha value is -2.55. The van der Waals surface area contributed by atoms with Crippen molar-refractivity contribution in [2.75, 3.05) is 17.3 Å². The summed E-state index contributed by atoms with van der Waals surface area (Å²) in [5.41, 5.74) is 4.31. The maximum atomic E-state index is 13.2. The molecular formula is C23H21N3O2S3. The Morgan fingerprint density at radius 3 is 2.74 bits per heavy atom. The second kappa shape index (κ2) is 9.30. The Kier molecular flexibility index (Phi) is 6.50. The fourth-order valence-corrected chi connectivity index (χ4v) is 5.14. The lowest BCUT2D eigenvalue weighted by Gasteiger charge is -2.13. The highest BCUT2D eigenvalue weighted by molar-refractivity contribution is 7.99. The molecule has 31 heavy (non-hydrogen) atoms. The molecule has 4 rings (SSSR count). The molecule has 8 heteroatoms. The van der Waals surface area contributed by atoms with Gasteiger partial charge in [-0.2, -0.15) is 0 Å². The van der Waals surface area contributed by atoms with Crippen molar-refractivity contribution in [3.63, 3.8) is 0 Å². The quantitative estimate of drug-likeness (QED) is 0.299. The van der Waals surface area contributed by atoms with E-state index in [9.17, 15) is 9.59 Å². The number of nitrogens with one attached hydrogen (secondary N) is 1. The molecule has 0 fully saturated rings. The van der Waals surface area contributed by atoms with E-state index in [1.165, 1.54) is 23.1 Å². The third-order valence-electron chi connectivity index (χ3n) is 4.88. The molecule has 0 aliphatic carbocycles. The van der Waals surface area contributed by atoms with Crippen LogP contribution in [0.1, 0.15) is 11.1 Å². The number of aryl methyl sites for hydroxylation is 2. The van der Waals surface area contributed by atoms with E-state index in [4.69, 9.17) is 0 Å². The zero-order chi connectivity index (χ0) is 22.0. The predicted molar refractivity (Wildman–Crippen MR) is 132 cm³/mol. The van der Waals surface area contributed by atoms with Gasteiger partial charge in [0.15, 0.2) is 5.16 Å². The molecule has 0 bridgehead atoms. The number of hydrogen-bond donors (Lipinski definition) is 1. The second-order valence-corrected chi connectivity index (χ2v) is 9.75. The minimum atomic E-state index is -0.144. The van der Waals surface area contributed by atoms with Gasteiger partial charge in [-0.3, -0.25) is 14.2 Å². The summed E-state index contributed by atoms with van der Waals surface area (Å²) in [7, 11) is 0. The van der Waals surface area contributed by atoms with Crippen LogP contribution in [0.2, 0.25) is 0 Å². The van der Waals surface area contributed by atoms with Gasteiger partial charge in [-0.1, -0.05) is 23.9 Å². The van der Waals surface area contributed by atoms with Gasteiger partial charge in [0.05, 0.1) is 17.0 Å². The third kappa shape index (κ3) is 4.71. The first kappa shape index (κ1) is 21.7. The first-order valence-electron chi connectivity index (χ1n) is 9.61. The number of fused-ring (bicyclic) bond motifs is 1. The van der Waals surface area contributed by atoms with Crippen molar-refractivity contribution in [1.29, 1.82) is 0 Å². The Morgan fingerprint density at radius 1 is 1.13 bits per heavy atom. The van der Waals surface area contributed by atoms with Crippen LogP contribution in [-0.4, -0.2) is 27.5 Å². The molecule has 0 saturated heterocycles. The molecule has 0 spiro atoms. The molecule has 1 amide bonds. The van der Waals surface area contributed by atoms with Gasteiger partial charge < -0.3 is 5.32 Å². The number of rotatable bonds is 6. The van der Waals surface area contributed by atoms with E-state index in [1.54, 1.807) is 16.3 Å². The molecule has 0 unspecified atom stereocenters. The van der Waals surface area contributed by atoms with Gasteiger partial charge in [-0.05, 0) is 73.0 Å². The number of thioether (sulfide) groups is 2. The van der Waals surface area contributed by atoms with Crippen LogP contribution in [0.3, 0.4) is 0 Å². The van der Waals surface area contributed by atoms with Crippen LogP contribution in [-0.2, 0) is 4.79 Å². The molecule has 1 N–H and O–H groups in total. The Morgan fingerprint density at radius 2 is 1.97 bits per heavy atom. The lowest BCUT2D eigenvalue weighted by atomic mass is 10.1. The molecule has 2 aromatic heterocycles. The summed E-state index contributed by atoms with van der Waals surface area (Å²) < 4.78 is 2.22. The van der Waals surface area contributed by atoms with E-state index < -0.39 is 0 Å². The molecule has 4 aromatic rings. The predicted octanol–water partition coefficient (Wildman–Crippen LogP) is 5.52. The van der Waals surface area contributed by atoms with Crippen LogP contribution in [0.15, 0.2) is 68.8 Å². The fourth-order valence-electron chi connectivity index (χ4n) is 3.11. The zero-order valence-electron chi connectivity index (χ0n) is 17.3. The van der Waals surface area contributed by atoms with Crippen LogP contribution in [0.25, 0.3) is 15.9 Å². The number of benzene rings is 2. The molecule has 0 radical (unpaired) electrons. The first-order valence-corrected chi connectivity index (χ1v) is 12.7. The standard InChI is InChI=1S/C23H21N3O2S3/c1-14-7-8-17(11-15(14)2)26-22(28)21-19(9-10-30-21)25-23(26)31-13-20(27)24-16-5-4-6-18(12-16)29-3/h4-12H,13H2,1-3H3,(H,24,27). The number of carbonyl (C=O) groups excluding carboxylic acids is 1. The van der Waals surface area contributed by atoms with E-state index in [0.29, 0.717) is 15.4 Å². The van der Waals surface area contributed by atoms with Gasteiger partial charge >= 0.3 is 0 Å². The minimum Gasteiger partial charge on any atom is -0.325 e. The molecule has 0 atom stereocenters. The lowest BCUT2D eigenvalue weighted by molar-refractivity contribution is -0.113. The number of amides is 1. The zero-order valence-corrected chi connectivity index (χ0v) is 19.8. The van der Waals surface area contributed by atoms with Gasteiger partial charge in [-0.15, -0.1) is 23.1 Å². The van der Waals surface area contributed by atoms with E-state index in [-0.39, 0.29) is 17.2 Å². The van der Waals surface area contributed by atoms with Gasteiger partial charge in [0.1, 0.15) is 4.70 Å². The van der Waals surface area contributed by atoms with E-state index in [0.717, 1.165) is 27.4 Å². The fraction of sp³-hybridized carbons (Fsp3) is 0.174. The highest BCUT2D eigenvalue weighted by Gasteiger charge is 2.16. The number of aromatic nitrogens is 2. The SMILES string of the molecule is CSc1cccc(NC(=O)CSc2nc3ccsc3c(=O)n2-c2ccc(C)c(C)c2)c1. The van der Waals surface area contributed by atoms with E-state index >= 15 is 0 Å². The average Bonchev–Trinajstić information content (AvgIpc) is 3.24. The molecule has 158 valence electrons. The molecule has 0 aliphatic rings. The average molecular weight is 468 g/mol. The van der Waals surface area contributed by atoms with E-state index in [1.807, 2.05) is 74.0 Å². The molecule has 2 aromatic carbocycles. The molecule has 5 nitrogen and oxygen atoms in total. The maximum absolute atomic E-state index is 13.2. The smallest absolute Gasteiger partial charge is 0.276 e. The lowest BCUT2D eigenvalue weighted by Crippen LogP contribution is -2.22. The summed E-state index contributed by atoms with van der Waals surface area (Å²) in [6, 6.07) is 15.4. The van der Waals surface area contributed by atoms with Crippen molar-refractivity contribution >= 4 is 56.7 Å². The number of hydrogen-bond acceptors (Lipinski definition) is 6. The van der Waals surface area contributed by atoms with Crippen molar-refractivity contribution in [1.82, 2.24) is 9.55 Å². The van der Waals surface area contributed by atoms with Gasteiger partial charge in [-0.25, -0.2) is 4.98 Å². The topological polar surface area (TPSA) is 64.0 Å². The van der Waals surface area contributed by atoms with Crippen molar-refractivity contribution in [2.45, 2.75) is 23.9 Å². The normalized spacial score (nSPS) is 11.1. The number of nitrogens with zero attached hydrogens (tertiary/aromatic N) is 2. The van der Waals surface area contributed by atoms with Crippen molar-refractivity contribution < 1.29 is 4.79 Å². The van der Waals surface area contributed by atoms with Crippen molar-refractivity contribution in [3.8, 4) is 5.69 Å². The largest absolute Gasteiger partial charge is 0.325 e. The maximum Gasteiger partial charge on any atom is 0.276 e. The van der Waals surface area contributed by atoms with Gasteiger partial charge in [0.25, 0.3) is 5.56 Å². The number of carbonyl (C=O) groups is 1. The highest BCUT2D eigenvalue weighted by atomic mass is 32.2. The summed E-state index contributed by atoms with van der Waals surface area (Å²) >= 11 is 4.26. The number of anilines is 1. The Balaban J connectivity index is 1.64. The Bertz CT molecular complexity index is 1330. The summed E-state index contributed by atoms with van der Waals surface area (Å²) in [6.07, 6.45) is 2.00.